The summed E-state index contributed by atoms with van der Waals surface area (Å²) in [5.74, 6) is 0. The smallest absolute Gasteiger partial charge is 0.140 e. The number of aliphatic hydroxyl groups excluding tert-OH is 4. The molecule has 1 aromatic heterocycles. The van der Waals surface area contributed by atoms with Crippen molar-refractivity contribution in [2.75, 3.05) is 39.6 Å². The van der Waals surface area contributed by atoms with Crippen molar-refractivity contribution in [3.05, 3.63) is 29.6 Å². The zero-order chi connectivity index (χ0) is 16.6. The van der Waals surface area contributed by atoms with Gasteiger partial charge in [0.15, 0.2) is 0 Å². The molecule has 7 heteroatoms. The molecule has 0 saturated heterocycles. The molecule has 1 heterocycles. The van der Waals surface area contributed by atoms with Gasteiger partial charge in [-0.1, -0.05) is 0 Å². The van der Waals surface area contributed by atoms with Crippen LogP contribution in [0.15, 0.2) is 18.5 Å². The third-order valence-electron chi connectivity index (χ3n) is 3.65. The maximum absolute atomic E-state index is 9.63. The highest BCUT2D eigenvalue weighted by Crippen LogP contribution is 2.30. The molecule has 0 radical (unpaired) electrons. The Hall–Kier alpha value is -1.09. The van der Waals surface area contributed by atoms with Gasteiger partial charge in [0.2, 0.25) is 0 Å². The topological polar surface area (TPSA) is 112 Å². The Bertz CT molecular complexity index is 408. The van der Waals surface area contributed by atoms with Crippen LogP contribution in [0.3, 0.4) is 0 Å². The van der Waals surface area contributed by atoms with Crippen molar-refractivity contribution in [2.45, 2.75) is 25.0 Å². The summed E-state index contributed by atoms with van der Waals surface area (Å²) in [5.41, 5.74) is -1.69. The Morgan fingerprint density at radius 1 is 0.818 bits per heavy atom. The van der Waals surface area contributed by atoms with Crippen molar-refractivity contribution in [1.29, 1.82) is 0 Å². The number of pyridine rings is 1. The summed E-state index contributed by atoms with van der Waals surface area (Å²) in [6.45, 7) is 2.38. The molecule has 0 atom stereocenters. The normalized spacial score (nSPS) is 12.6. The number of ether oxygens (including phenoxy) is 2. The summed E-state index contributed by atoms with van der Waals surface area (Å²) in [6, 6.07) is 1.61. The first-order valence-electron chi connectivity index (χ1n) is 7.25. The minimum absolute atomic E-state index is 0.294. The molecule has 0 fully saturated rings. The van der Waals surface area contributed by atoms with E-state index in [1.54, 1.807) is 19.9 Å². The van der Waals surface area contributed by atoms with Crippen LogP contribution in [-0.2, 0) is 20.7 Å². The summed E-state index contributed by atoms with van der Waals surface area (Å²) in [6.07, 6.45) is 2.94. The van der Waals surface area contributed by atoms with Crippen LogP contribution in [0.1, 0.15) is 25.0 Å². The lowest BCUT2D eigenvalue weighted by Crippen LogP contribution is -2.41. The summed E-state index contributed by atoms with van der Waals surface area (Å²) < 4.78 is 11.0. The molecule has 1 aromatic rings. The van der Waals surface area contributed by atoms with Crippen LogP contribution < -0.4 is 0 Å². The quantitative estimate of drug-likeness (QED) is 0.461. The lowest BCUT2D eigenvalue weighted by Gasteiger charge is -2.33. The van der Waals surface area contributed by atoms with Crippen molar-refractivity contribution in [1.82, 2.24) is 4.98 Å². The van der Waals surface area contributed by atoms with Gasteiger partial charge in [-0.05, 0) is 19.9 Å². The Balaban J connectivity index is 3.32. The van der Waals surface area contributed by atoms with Crippen LogP contribution in [0.25, 0.3) is 0 Å². The number of hydrogen-bond acceptors (Lipinski definition) is 7. The molecular weight excluding hydrogens is 290 g/mol. The van der Waals surface area contributed by atoms with Crippen LogP contribution in [0.2, 0.25) is 0 Å². The third kappa shape index (κ3) is 3.62. The number of nitrogens with zero attached hydrogens (tertiary/aromatic N) is 1. The molecule has 0 aliphatic carbocycles. The maximum atomic E-state index is 9.63. The van der Waals surface area contributed by atoms with Gasteiger partial charge >= 0.3 is 0 Å². The second kappa shape index (κ2) is 8.52. The highest BCUT2D eigenvalue weighted by molar-refractivity contribution is 5.29. The molecule has 1 rings (SSSR count). The Morgan fingerprint density at radius 2 is 1.18 bits per heavy atom. The number of hydrogen-bond donors (Lipinski definition) is 4. The number of aromatic nitrogens is 1. The number of rotatable bonds is 10. The first-order valence-corrected chi connectivity index (χ1v) is 7.25. The van der Waals surface area contributed by atoms with E-state index in [4.69, 9.17) is 9.47 Å². The van der Waals surface area contributed by atoms with E-state index >= 15 is 0 Å². The molecule has 7 nitrogen and oxygen atoms in total. The Labute approximate surface area is 130 Å². The zero-order valence-corrected chi connectivity index (χ0v) is 13.0. The largest absolute Gasteiger partial charge is 0.393 e. The predicted molar refractivity (Wildman–Crippen MR) is 79.2 cm³/mol. The predicted octanol–water partition coefficient (Wildman–Crippen LogP) is -0.486. The van der Waals surface area contributed by atoms with Crippen molar-refractivity contribution in [2.24, 2.45) is 0 Å². The standard InChI is InChI=1S/C15H25NO6/c1-3-21-14(8-17,9-18)12-5-13(7-16-6-12)15(10-19,11-20)22-4-2/h5-7,17-20H,3-4,8-11H2,1-2H3. The fourth-order valence-corrected chi connectivity index (χ4v) is 2.31. The molecule has 0 aliphatic rings. The lowest BCUT2D eigenvalue weighted by atomic mass is 9.90. The molecule has 0 bridgehead atoms. The van der Waals surface area contributed by atoms with Crippen LogP contribution in [0.4, 0.5) is 0 Å². The molecule has 22 heavy (non-hydrogen) atoms. The van der Waals surface area contributed by atoms with E-state index in [9.17, 15) is 20.4 Å². The van der Waals surface area contributed by atoms with Crippen LogP contribution >= 0.6 is 0 Å². The molecule has 126 valence electrons. The second-order valence-electron chi connectivity index (χ2n) is 4.95. The van der Waals surface area contributed by atoms with Crippen molar-refractivity contribution < 1.29 is 29.9 Å². The fraction of sp³-hybridized carbons (Fsp3) is 0.667. The minimum atomic E-state index is -1.29. The molecule has 0 saturated carbocycles. The van der Waals surface area contributed by atoms with Crippen molar-refractivity contribution >= 4 is 0 Å². The van der Waals surface area contributed by atoms with E-state index in [1.165, 1.54) is 12.4 Å². The lowest BCUT2D eigenvalue weighted by molar-refractivity contribution is -0.115. The van der Waals surface area contributed by atoms with E-state index in [1.807, 2.05) is 0 Å². The average molecular weight is 315 g/mol. The summed E-state index contributed by atoms with van der Waals surface area (Å²) >= 11 is 0. The van der Waals surface area contributed by atoms with Crippen LogP contribution in [0.5, 0.6) is 0 Å². The molecule has 0 amide bonds. The molecule has 4 N–H and O–H groups in total. The Kier molecular flexibility index (Phi) is 7.34. The second-order valence-corrected chi connectivity index (χ2v) is 4.95. The van der Waals surface area contributed by atoms with Gasteiger partial charge in [0.05, 0.1) is 26.4 Å². The van der Waals surface area contributed by atoms with Gasteiger partial charge in [0.1, 0.15) is 11.2 Å². The van der Waals surface area contributed by atoms with Gasteiger partial charge in [-0.15, -0.1) is 0 Å². The van der Waals surface area contributed by atoms with E-state index in [0.29, 0.717) is 24.3 Å². The van der Waals surface area contributed by atoms with E-state index < -0.39 is 37.6 Å². The van der Waals surface area contributed by atoms with E-state index in [-0.39, 0.29) is 0 Å². The summed E-state index contributed by atoms with van der Waals surface area (Å²) in [5, 5.41) is 38.5. The van der Waals surface area contributed by atoms with Crippen molar-refractivity contribution in [3.8, 4) is 0 Å². The van der Waals surface area contributed by atoms with E-state index in [2.05, 4.69) is 4.98 Å². The highest BCUT2D eigenvalue weighted by atomic mass is 16.5. The highest BCUT2D eigenvalue weighted by Gasteiger charge is 2.36. The monoisotopic (exact) mass is 315 g/mol. The van der Waals surface area contributed by atoms with Crippen molar-refractivity contribution in [3.63, 3.8) is 0 Å². The maximum Gasteiger partial charge on any atom is 0.140 e. The first kappa shape index (κ1) is 19.0. The van der Waals surface area contributed by atoms with E-state index in [0.717, 1.165) is 0 Å². The zero-order valence-electron chi connectivity index (χ0n) is 13.0. The van der Waals surface area contributed by atoms with Gasteiger partial charge in [0, 0.05) is 36.7 Å². The Morgan fingerprint density at radius 3 is 1.45 bits per heavy atom. The fourth-order valence-electron chi connectivity index (χ4n) is 2.31. The molecule has 0 unspecified atom stereocenters. The van der Waals surface area contributed by atoms with Crippen LogP contribution in [0, 0.1) is 0 Å². The first-order chi connectivity index (χ1) is 10.6. The van der Waals surface area contributed by atoms with Gasteiger partial charge in [0.25, 0.3) is 0 Å². The SMILES string of the molecule is CCOC(CO)(CO)c1cncc(C(CO)(CO)OCC)c1. The molecule has 0 aliphatic heterocycles. The van der Waals surface area contributed by atoms with Gasteiger partial charge in [-0.25, -0.2) is 0 Å². The summed E-state index contributed by atoms with van der Waals surface area (Å²) in [7, 11) is 0. The van der Waals surface area contributed by atoms with Crippen LogP contribution in [-0.4, -0.2) is 65.1 Å². The molecule has 0 spiro atoms. The van der Waals surface area contributed by atoms with Gasteiger partial charge < -0.3 is 29.9 Å². The number of aliphatic hydroxyl groups is 4. The third-order valence-corrected chi connectivity index (χ3v) is 3.65. The molecule has 0 aromatic carbocycles. The summed E-state index contributed by atoms with van der Waals surface area (Å²) in [4.78, 5) is 4.07. The van der Waals surface area contributed by atoms with Gasteiger partial charge in [-0.3, -0.25) is 4.98 Å². The average Bonchev–Trinajstić information content (AvgIpc) is 2.58. The molecular formula is C15H25NO6. The minimum Gasteiger partial charge on any atom is -0.393 e. The van der Waals surface area contributed by atoms with Gasteiger partial charge in [-0.2, -0.15) is 0 Å².